The van der Waals surface area contributed by atoms with Gasteiger partial charge in [0.15, 0.2) is 0 Å². The molecule has 1 aromatic rings. The van der Waals surface area contributed by atoms with E-state index in [1.165, 1.54) is 6.42 Å². The molecule has 1 aliphatic carbocycles. The van der Waals surface area contributed by atoms with E-state index < -0.39 is 10.1 Å². The van der Waals surface area contributed by atoms with Gasteiger partial charge in [0.25, 0.3) is 10.1 Å². The molecular weight excluding hydrogens is 351 g/mol. The van der Waals surface area contributed by atoms with Crippen LogP contribution >= 0.6 is 23.2 Å². The first-order chi connectivity index (χ1) is 10.3. The summed E-state index contributed by atoms with van der Waals surface area (Å²) in [6, 6.07) is 0.213. The highest BCUT2D eigenvalue weighted by molar-refractivity contribution is 7.85. The lowest BCUT2D eigenvalue weighted by Gasteiger charge is -2.34. The van der Waals surface area contributed by atoms with Crippen molar-refractivity contribution in [1.29, 1.82) is 0 Å². The van der Waals surface area contributed by atoms with Gasteiger partial charge in [-0.05, 0) is 42.5 Å². The molecule has 0 atom stereocenters. The molecule has 1 N–H and O–H groups in total. The van der Waals surface area contributed by atoms with Gasteiger partial charge >= 0.3 is 0 Å². The van der Waals surface area contributed by atoms with Crippen molar-refractivity contribution in [1.82, 2.24) is 15.0 Å². The molecule has 7 nitrogen and oxygen atoms in total. The Kier molecular flexibility index (Phi) is 6.19. The summed E-state index contributed by atoms with van der Waals surface area (Å²) in [5.74, 6) is 0.0511. The van der Waals surface area contributed by atoms with Crippen LogP contribution in [0.5, 0.6) is 0 Å². The third kappa shape index (κ3) is 5.49. The van der Waals surface area contributed by atoms with Crippen molar-refractivity contribution in [2.75, 3.05) is 17.2 Å². The van der Waals surface area contributed by atoms with Gasteiger partial charge in [-0.2, -0.15) is 23.4 Å². The molecule has 0 radical (unpaired) electrons. The van der Waals surface area contributed by atoms with Crippen LogP contribution in [0.2, 0.25) is 10.6 Å². The minimum Gasteiger partial charge on any atom is -0.338 e. The van der Waals surface area contributed by atoms with E-state index >= 15 is 0 Å². The lowest BCUT2D eigenvalue weighted by molar-refractivity contribution is 0.408. The summed E-state index contributed by atoms with van der Waals surface area (Å²) in [5, 5.41) is 0.0104. The van der Waals surface area contributed by atoms with Gasteiger partial charge in [-0.1, -0.05) is 19.3 Å². The summed E-state index contributed by atoms with van der Waals surface area (Å²) in [7, 11) is -3.98. The molecule has 0 aromatic carbocycles. The quantitative estimate of drug-likeness (QED) is 0.770. The highest BCUT2D eigenvalue weighted by atomic mass is 35.5. The number of aromatic nitrogens is 3. The number of nitrogens with zero attached hydrogens (tertiary/aromatic N) is 4. The monoisotopic (exact) mass is 368 g/mol. The molecule has 124 valence electrons. The lowest BCUT2D eigenvalue weighted by atomic mass is 9.94. The Morgan fingerprint density at radius 3 is 2.23 bits per heavy atom. The second-order valence-electron chi connectivity index (χ2n) is 5.30. The van der Waals surface area contributed by atoms with Crippen LogP contribution in [0.25, 0.3) is 0 Å². The second-order valence-corrected chi connectivity index (χ2v) is 7.55. The van der Waals surface area contributed by atoms with Crippen LogP contribution in [0.3, 0.4) is 0 Å². The molecule has 2 rings (SSSR count). The number of halogens is 2. The van der Waals surface area contributed by atoms with Gasteiger partial charge in [0.2, 0.25) is 16.5 Å². The van der Waals surface area contributed by atoms with E-state index in [9.17, 15) is 8.42 Å². The molecule has 10 heteroatoms. The van der Waals surface area contributed by atoms with E-state index in [1.54, 1.807) is 0 Å². The average molecular weight is 369 g/mol. The van der Waals surface area contributed by atoms with Gasteiger partial charge in [0, 0.05) is 12.6 Å². The van der Waals surface area contributed by atoms with Gasteiger partial charge < -0.3 is 4.90 Å². The number of rotatable bonds is 6. The molecule has 1 aromatic heterocycles. The Bertz CT molecular complexity index is 588. The maximum absolute atomic E-state index is 10.9. The summed E-state index contributed by atoms with van der Waals surface area (Å²) in [6.07, 6.45) is 5.63. The average Bonchev–Trinajstić information content (AvgIpc) is 2.42. The third-order valence-corrected chi connectivity index (χ3v) is 4.79. The third-order valence-electron chi connectivity index (χ3n) is 3.64. The zero-order valence-corrected chi connectivity index (χ0v) is 14.3. The van der Waals surface area contributed by atoms with Gasteiger partial charge in [-0.15, -0.1) is 0 Å². The molecule has 1 saturated carbocycles. The topological polar surface area (TPSA) is 96.3 Å². The highest BCUT2D eigenvalue weighted by Crippen LogP contribution is 2.26. The first-order valence-corrected chi connectivity index (χ1v) is 9.50. The van der Waals surface area contributed by atoms with Gasteiger partial charge in [0.1, 0.15) is 0 Å². The second kappa shape index (κ2) is 7.72. The minimum atomic E-state index is -3.98. The Morgan fingerprint density at radius 2 is 1.68 bits per heavy atom. The summed E-state index contributed by atoms with van der Waals surface area (Å²) >= 11 is 11.7. The normalized spacial score (nSPS) is 16.7. The predicted octanol–water partition coefficient (Wildman–Crippen LogP) is 2.60. The molecule has 0 unspecified atom stereocenters. The van der Waals surface area contributed by atoms with E-state index in [4.69, 9.17) is 27.8 Å². The van der Waals surface area contributed by atoms with E-state index in [-0.39, 0.29) is 28.8 Å². The first kappa shape index (κ1) is 17.7. The molecule has 0 bridgehead atoms. The van der Waals surface area contributed by atoms with E-state index in [1.807, 2.05) is 4.90 Å². The molecule has 0 amide bonds. The maximum atomic E-state index is 10.9. The summed E-state index contributed by atoms with van der Waals surface area (Å²) in [4.78, 5) is 13.8. The van der Waals surface area contributed by atoms with Crippen molar-refractivity contribution in [3.8, 4) is 0 Å². The Balaban J connectivity index is 2.16. The van der Waals surface area contributed by atoms with Crippen LogP contribution in [0.4, 0.5) is 5.95 Å². The predicted molar refractivity (Wildman–Crippen MR) is 85.1 cm³/mol. The van der Waals surface area contributed by atoms with Gasteiger partial charge in [0.05, 0.1) is 5.75 Å². The summed E-state index contributed by atoms with van der Waals surface area (Å²) in [5.41, 5.74) is 0. The first-order valence-electron chi connectivity index (χ1n) is 7.14. The van der Waals surface area contributed by atoms with Gasteiger partial charge in [-0.3, -0.25) is 4.55 Å². The van der Waals surface area contributed by atoms with Crippen molar-refractivity contribution in [3.63, 3.8) is 0 Å². The van der Waals surface area contributed by atoms with Crippen molar-refractivity contribution in [2.24, 2.45) is 0 Å². The molecule has 0 saturated heterocycles. The van der Waals surface area contributed by atoms with Crippen LogP contribution in [0.1, 0.15) is 38.5 Å². The molecule has 1 heterocycles. The molecule has 0 spiro atoms. The Morgan fingerprint density at radius 1 is 1.09 bits per heavy atom. The number of hydrogen-bond donors (Lipinski definition) is 1. The minimum absolute atomic E-state index is 0.00518. The van der Waals surface area contributed by atoms with Crippen molar-refractivity contribution in [2.45, 2.75) is 44.6 Å². The fraction of sp³-hybridized carbons (Fsp3) is 0.750. The SMILES string of the molecule is O=S(=O)(O)CCCN(c1nc(Cl)nc(Cl)n1)C1CCCCC1. The highest BCUT2D eigenvalue weighted by Gasteiger charge is 2.24. The Labute approximate surface area is 139 Å². The molecule has 1 aliphatic rings. The zero-order chi connectivity index (χ0) is 16.2. The van der Waals surface area contributed by atoms with Crippen molar-refractivity contribution in [3.05, 3.63) is 10.6 Å². The van der Waals surface area contributed by atoms with Crippen LogP contribution in [0.15, 0.2) is 0 Å². The maximum Gasteiger partial charge on any atom is 0.264 e. The number of hydrogen-bond acceptors (Lipinski definition) is 6. The zero-order valence-electron chi connectivity index (χ0n) is 12.0. The summed E-state index contributed by atoms with van der Waals surface area (Å²) in [6.45, 7) is 0.404. The van der Waals surface area contributed by atoms with Crippen LogP contribution < -0.4 is 4.90 Å². The van der Waals surface area contributed by atoms with Crippen molar-refractivity contribution < 1.29 is 13.0 Å². The van der Waals surface area contributed by atoms with Crippen LogP contribution in [-0.4, -0.2) is 46.3 Å². The molecule has 0 aliphatic heterocycles. The smallest absolute Gasteiger partial charge is 0.264 e. The lowest BCUT2D eigenvalue weighted by Crippen LogP contribution is -2.39. The van der Waals surface area contributed by atoms with E-state index in [0.717, 1.165) is 25.7 Å². The van der Waals surface area contributed by atoms with E-state index in [0.29, 0.717) is 12.5 Å². The van der Waals surface area contributed by atoms with Crippen LogP contribution in [0, 0.1) is 0 Å². The number of anilines is 1. The van der Waals surface area contributed by atoms with Crippen molar-refractivity contribution >= 4 is 39.3 Å². The summed E-state index contributed by atoms with van der Waals surface area (Å²) < 4.78 is 30.6. The van der Waals surface area contributed by atoms with Crippen LogP contribution in [-0.2, 0) is 10.1 Å². The standard InChI is InChI=1S/C12H18Cl2N4O3S/c13-10-15-11(14)17-12(16-10)18(7-4-8-22(19,20)21)9-5-2-1-3-6-9/h9H,1-8H2,(H,19,20,21). The largest absolute Gasteiger partial charge is 0.338 e. The fourth-order valence-electron chi connectivity index (χ4n) is 2.70. The molecule has 1 fully saturated rings. The Hall–Kier alpha value is -0.700. The van der Waals surface area contributed by atoms with Gasteiger partial charge in [-0.25, -0.2) is 0 Å². The molecule has 22 heavy (non-hydrogen) atoms. The fourth-order valence-corrected chi connectivity index (χ4v) is 3.55. The van der Waals surface area contributed by atoms with E-state index in [2.05, 4.69) is 15.0 Å². The molecular formula is C12H18Cl2N4O3S.